The summed E-state index contributed by atoms with van der Waals surface area (Å²) in [5.41, 5.74) is 1.62. The van der Waals surface area contributed by atoms with Gasteiger partial charge >= 0.3 is 0 Å². The molecule has 0 aromatic heterocycles. The van der Waals surface area contributed by atoms with Crippen molar-refractivity contribution < 1.29 is 22.2 Å². The summed E-state index contributed by atoms with van der Waals surface area (Å²) >= 11 is 3.79. The van der Waals surface area contributed by atoms with Gasteiger partial charge in [0.1, 0.15) is 23.2 Å². The third-order valence-corrected chi connectivity index (χ3v) is 7.84. The molecule has 1 fully saturated rings. The Bertz CT molecular complexity index is 673. The summed E-state index contributed by atoms with van der Waals surface area (Å²) < 4.78 is 40.6. The third kappa shape index (κ3) is 7.40. The largest absolute Gasteiger partial charge is 0.744 e. The van der Waals surface area contributed by atoms with Crippen molar-refractivity contribution in [3.05, 3.63) is 29.3 Å². The molecule has 0 radical (unpaired) electrons. The summed E-state index contributed by atoms with van der Waals surface area (Å²) in [6.45, 7) is 7.06. The van der Waals surface area contributed by atoms with Crippen LogP contribution in [0, 0.1) is 6.92 Å². The highest BCUT2D eigenvalue weighted by atomic mass is 32.2. The summed E-state index contributed by atoms with van der Waals surface area (Å²) in [4.78, 5) is -0.0689. The number of ether oxygens (including phenoxy) is 1. The van der Waals surface area contributed by atoms with E-state index in [4.69, 9.17) is 4.74 Å². The number of quaternary nitrogens is 1. The maximum Gasteiger partial charge on any atom is 0.124 e. The minimum atomic E-state index is -4.40. The Morgan fingerprint density at radius 2 is 1.77 bits per heavy atom. The Kier molecular flexibility index (Phi) is 8.76. The molecule has 148 valence electrons. The molecule has 1 saturated heterocycles. The van der Waals surface area contributed by atoms with Crippen LogP contribution >= 0.6 is 23.5 Å². The molecule has 2 rings (SSSR count). The monoisotopic (exact) mass is 419 g/mol. The van der Waals surface area contributed by atoms with Gasteiger partial charge in [0.25, 0.3) is 0 Å². The van der Waals surface area contributed by atoms with Gasteiger partial charge in [0.2, 0.25) is 0 Å². The van der Waals surface area contributed by atoms with Gasteiger partial charge in [0.05, 0.1) is 31.7 Å². The van der Waals surface area contributed by atoms with Crippen molar-refractivity contribution in [3.63, 3.8) is 0 Å². The van der Waals surface area contributed by atoms with Gasteiger partial charge in [-0.2, -0.15) is 23.5 Å². The lowest BCUT2D eigenvalue weighted by atomic mass is 10.1. The molecular weight excluding hydrogens is 390 g/mol. The third-order valence-electron chi connectivity index (χ3n) is 4.70. The molecule has 1 aliphatic heterocycles. The van der Waals surface area contributed by atoms with Crippen molar-refractivity contribution in [1.82, 2.24) is 0 Å². The number of thioether (sulfide) groups is 2. The lowest BCUT2D eigenvalue weighted by Crippen LogP contribution is -2.53. The predicted octanol–water partition coefficient (Wildman–Crippen LogP) is 2.38. The second kappa shape index (κ2) is 10.3. The second-order valence-corrected chi connectivity index (χ2v) is 10.7. The van der Waals surface area contributed by atoms with Gasteiger partial charge in [-0.1, -0.05) is 17.7 Å². The first-order chi connectivity index (χ1) is 12.3. The highest BCUT2D eigenvalue weighted by molar-refractivity contribution is 8.02. The number of nitrogens with zero attached hydrogens (tertiary/aromatic N) is 1. The standard InChI is InChI=1S/C18H29NO4S3/c1-16-3-4-18(26(20,21)22)17(15-16)5-11-24-13-14-25-12-8-19(2)6-9-23-10-7-19/h3-4,15H,5-14H2,1-2H3. The molecule has 0 atom stereocenters. The molecule has 0 aliphatic carbocycles. The molecule has 1 aliphatic rings. The minimum Gasteiger partial charge on any atom is -0.744 e. The maximum absolute atomic E-state index is 11.4. The topological polar surface area (TPSA) is 66.4 Å². The van der Waals surface area contributed by atoms with Gasteiger partial charge in [0, 0.05) is 17.3 Å². The first-order valence-electron chi connectivity index (χ1n) is 8.92. The van der Waals surface area contributed by atoms with Crippen LogP contribution in [0.2, 0.25) is 0 Å². The predicted molar refractivity (Wildman–Crippen MR) is 109 cm³/mol. The first-order valence-corrected chi connectivity index (χ1v) is 12.6. The molecule has 1 aromatic rings. The number of aryl methyl sites for hydroxylation is 2. The quantitative estimate of drug-likeness (QED) is 0.330. The Morgan fingerprint density at radius 3 is 2.42 bits per heavy atom. The normalized spacial score (nSPS) is 17.3. The number of hydrogen-bond donors (Lipinski definition) is 0. The van der Waals surface area contributed by atoms with Crippen LogP contribution in [0.3, 0.4) is 0 Å². The van der Waals surface area contributed by atoms with E-state index in [1.807, 2.05) is 36.5 Å². The minimum absolute atomic E-state index is 0.0689. The van der Waals surface area contributed by atoms with Crippen molar-refractivity contribution >= 4 is 33.6 Å². The van der Waals surface area contributed by atoms with Gasteiger partial charge in [-0.15, -0.1) is 0 Å². The molecule has 0 saturated carbocycles. The Hall–Kier alpha value is -0.250. The molecule has 0 unspecified atom stereocenters. The van der Waals surface area contributed by atoms with Crippen molar-refractivity contribution in [2.75, 3.05) is 62.9 Å². The van der Waals surface area contributed by atoms with E-state index in [1.165, 1.54) is 12.6 Å². The zero-order chi connectivity index (χ0) is 19.0. The van der Waals surface area contributed by atoms with Crippen LogP contribution < -0.4 is 0 Å². The maximum atomic E-state index is 11.4. The number of likely N-dealkylation sites (N-methyl/N-ethyl adjacent to an activating group) is 1. The van der Waals surface area contributed by atoms with Gasteiger partial charge in [0.15, 0.2) is 0 Å². The van der Waals surface area contributed by atoms with Crippen LogP contribution in [-0.2, 0) is 21.3 Å². The lowest BCUT2D eigenvalue weighted by molar-refractivity contribution is -0.914. The summed E-state index contributed by atoms with van der Waals surface area (Å²) in [7, 11) is -2.09. The highest BCUT2D eigenvalue weighted by Gasteiger charge is 2.24. The van der Waals surface area contributed by atoms with Gasteiger partial charge < -0.3 is 13.8 Å². The van der Waals surface area contributed by atoms with Crippen LogP contribution in [0.1, 0.15) is 11.1 Å². The summed E-state index contributed by atoms with van der Waals surface area (Å²) in [5.74, 6) is 4.13. The number of morpholine rings is 1. The zero-order valence-corrected chi connectivity index (χ0v) is 18.1. The second-order valence-electron chi connectivity index (χ2n) is 6.94. The molecular formula is C18H29NO4S3. The van der Waals surface area contributed by atoms with Crippen molar-refractivity contribution in [3.8, 4) is 0 Å². The molecule has 0 bridgehead atoms. The van der Waals surface area contributed by atoms with E-state index in [0.717, 1.165) is 59.4 Å². The van der Waals surface area contributed by atoms with Crippen LogP contribution in [0.4, 0.5) is 0 Å². The summed E-state index contributed by atoms with van der Waals surface area (Å²) in [6, 6.07) is 4.92. The molecule has 5 nitrogen and oxygen atoms in total. The van der Waals surface area contributed by atoms with Crippen LogP contribution in [-0.4, -0.2) is 80.4 Å². The molecule has 8 heteroatoms. The number of hydrogen-bond acceptors (Lipinski definition) is 6. The summed E-state index contributed by atoms with van der Waals surface area (Å²) in [6.07, 6.45) is 0.614. The van der Waals surface area contributed by atoms with Crippen LogP contribution in [0.5, 0.6) is 0 Å². The van der Waals surface area contributed by atoms with E-state index in [2.05, 4.69) is 7.05 Å². The van der Waals surface area contributed by atoms with E-state index >= 15 is 0 Å². The average molecular weight is 420 g/mol. The molecule has 26 heavy (non-hydrogen) atoms. The molecule has 1 heterocycles. The van der Waals surface area contributed by atoms with Crippen molar-refractivity contribution in [2.24, 2.45) is 0 Å². The van der Waals surface area contributed by atoms with E-state index in [9.17, 15) is 13.0 Å². The van der Waals surface area contributed by atoms with E-state index in [-0.39, 0.29) is 4.90 Å². The highest BCUT2D eigenvalue weighted by Crippen LogP contribution is 2.20. The van der Waals surface area contributed by atoms with Gasteiger partial charge in [-0.25, -0.2) is 8.42 Å². The van der Waals surface area contributed by atoms with Crippen molar-refractivity contribution in [2.45, 2.75) is 18.2 Å². The van der Waals surface area contributed by atoms with Gasteiger partial charge in [-0.05, 0) is 30.7 Å². The fraction of sp³-hybridized carbons (Fsp3) is 0.667. The van der Waals surface area contributed by atoms with Gasteiger partial charge in [-0.3, -0.25) is 0 Å². The molecule has 1 aromatic carbocycles. The molecule has 0 spiro atoms. The van der Waals surface area contributed by atoms with Crippen LogP contribution in [0.25, 0.3) is 0 Å². The SMILES string of the molecule is Cc1ccc(S(=O)(=O)[O-])c(CCSCCSCC[N+]2(C)CCOCC2)c1. The Balaban J connectivity index is 1.63. The zero-order valence-electron chi connectivity index (χ0n) is 15.6. The summed E-state index contributed by atoms with van der Waals surface area (Å²) in [5, 5.41) is 0. The van der Waals surface area contributed by atoms with E-state index in [1.54, 1.807) is 6.07 Å². The lowest BCUT2D eigenvalue weighted by Gasteiger charge is -2.37. The van der Waals surface area contributed by atoms with E-state index in [0.29, 0.717) is 12.0 Å². The Labute approximate surface area is 166 Å². The number of benzene rings is 1. The molecule has 0 N–H and O–H groups in total. The van der Waals surface area contributed by atoms with Crippen molar-refractivity contribution in [1.29, 1.82) is 0 Å². The first kappa shape index (κ1) is 22.0. The van der Waals surface area contributed by atoms with E-state index < -0.39 is 10.1 Å². The fourth-order valence-corrected chi connectivity index (χ4v) is 5.95. The van der Waals surface area contributed by atoms with Crippen LogP contribution in [0.15, 0.2) is 23.1 Å². The Morgan fingerprint density at radius 1 is 1.12 bits per heavy atom. The average Bonchev–Trinajstić information content (AvgIpc) is 2.57. The fourth-order valence-electron chi connectivity index (χ4n) is 2.94. The smallest absolute Gasteiger partial charge is 0.124 e. The molecule has 0 amide bonds. The number of rotatable bonds is 10.